The summed E-state index contributed by atoms with van der Waals surface area (Å²) >= 11 is 0. The Morgan fingerprint density at radius 2 is 1.85 bits per heavy atom. The van der Waals surface area contributed by atoms with E-state index in [1.165, 1.54) is 0 Å². The summed E-state index contributed by atoms with van der Waals surface area (Å²) in [6.07, 6.45) is 2.35. The topological polar surface area (TPSA) is 29.5 Å². The van der Waals surface area contributed by atoms with Crippen LogP contribution >= 0.6 is 0 Å². The van der Waals surface area contributed by atoms with Crippen LogP contribution in [0.2, 0.25) is 0 Å². The molecule has 2 aromatic carbocycles. The number of carbonyl (C=O) groups excluding carboxylic acids is 1. The molecular formula is C23H28FNO2. The van der Waals surface area contributed by atoms with Crippen LogP contribution in [-0.2, 0) is 21.6 Å². The second kappa shape index (κ2) is 8.22. The molecule has 3 nitrogen and oxygen atoms in total. The molecule has 27 heavy (non-hydrogen) atoms. The molecule has 0 atom stereocenters. The average Bonchev–Trinajstić information content (AvgIpc) is 2.66. The van der Waals surface area contributed by atoms with Crippen molar-refractivity contribution in [2.75, 3.05) is 20.1 Å². The largest absolute Gasteiger partial charge is 0.454 e. The first-order valence-electron chi connectivity index (χ1n) is 9.67. The molecule has 1 saturated heterocycles. The highest BCUT2D eigenvalue weighted by atomic mass is 19.1. The molecule has 0 radical (unpaired) electrons. The van der Waals surface area contributed by atoms with Crippen LogP contribution in [0.5, 0.6) is 0 Å². The summed E-state index contributed by atoms with van der Waals surface area (Å²) in [5, 5.41) is 0. The molecule has 4 heteroatoms. The number of piperidine rings is 1. The number of esters is 1. The molecular weight excluding hydrogens is 341 g/mol. The Morgan fingerprint density at radius 1 is 1.15 bits per heavy atom. The van der Waals surface area contributed by atoms with E-state index in [4.69, 9.17) is 4.74 Å². The first-order valence-corrected chi connectivity index (χ1v) is 9.67. The monoisotopic (exact) mass is 369 g/mol. The van der Waals surface area contributed by atoms with Crippen LogP contribution in [0.15, 0.2) is 42.5 Å². The molecule has 3 rings (SSSR count). The number of halogens is 1. The van der Waals surface area contributed by atoms with Crippen molar-refractivity contribution in [3.63, 3.8) is 0 Å². The van der Waals surface area contributed by atoms with Crippen molar-refractivity contribution in [1.29, 1.82) is 0 Å². The fourth-order valence-electron chi connectivity index (χ4n) is 3.82. The normalized spacial score (nSPS) is 16.9. The van der Waals surface area contributed by atoms with E-state index in [1.54, 1.807) is 6.07 Å². The van der Waals surface area contributed by atoms with Crippen molar-refractivity contribution in [1.82, 2.24) is 4.90 Å². The highest BCUT2D eigenvalue weighted by Gasteiger charge is 2.40. The van der Waals surface area contributed by atoms with Crippen molar-refractivity contribution in [2.45, 2.75) is 45.1 Å². The van der Waals surface area contributed by atoms with Gasteiger partial charge < -0.3 is 9.64 Å². The Balaban J connectivity index is 1.99. The molecule has 0 bridgehead atoms. The molecule has 0 unspecified atom stereocenters. The molecule has 1 heterocycles. The van der Waals surface area contributed by atoms with Crippen LogP contribution in [0, 0.1) is 12.7 Å². The summed E-state index contributed by atoms with van der Waals surface area (Å²) in [4.78, 5) is 14.5. The molecule has 0 aliphatic carbocycles. The van der Waals surface area contributed by atoms with E-state index in [1.807, 2.05) is 50.2 Å². The quantitative estimate of drug-likeness (QED) is 0.722. The summed E-state index contributed by atoms with van der Waals surface area (Å²) in [5.41, 5.74) is 2.98. The lowest BCUT2D eigenvalue weighted by Crippen LogP contribution is -2.44. The van der Waals surface area contributed by atoms with Crippen molar-refractivity contribution in [2.24, 2.45) is 0 Å². The molecule has 2 aromatic rings. The Morgan fingerprint density at radius 3 is 2.52 bits per heavy atom. The van der Waals surface area contributed by atoms with E-state index in [-0.39, 0.29) is 11.8 Å². The van der Waals surface area contributed by atoms with Crippen LogP contribution < -0.4 is 0 Å². The number of hydrogen-bond donors (Lipinski definition) is 0. The Hall–Kier alpha value is -2.20. The van der Waals surface area contributed by atoms with Gasteiger partial charge in [0.05, 0.1) is 0 Å². The van der Waals surface area contributed by atoms with E-state index >= 15 is 0 Å². The number of rotatable bonds is 5. The van der Waals surface area contributed by atoms with Gasteiger partial charge in [-0.2, -0.15) is 0 Å². The molecule has 0 amide bonds. The molecule has 0 spiro atoms. The van der Waals surface area contributed by atoms with Gasteiger partial charge in [0.25, 0.3) is 0 Å². The first-order chi connectivity index (χ1) is 12.9. The number of benzene rings is 2. The maximum Gasteiger partial charge on any atom is 0.306 e. The second-order valence-corrected chi connectivity index (χ2v) is 7.55. The van der Waals surface area contributed by atoms with Crippen LogP contribution in [0.25, 0.3) is 0 Å². The van der Waals surface area contributed by atoms with Crippen molar-refractivity contribution >= 4 is 5.97 Å². The summed E-state index contributed by atoms with van der Waals surface area (Å²) < 4.78 is 20.5. The minimum atomic E-state index is -0.628. The summed E-state index contributed by atoms with van der Waals surface area (Å²) in [6.45, 7) is 5.44. The average molecular weight is 369 g/mol. The van der Waals surface area contributed by atoms with Crippen LogP contribution in [-0.4, -0.2) is 31.0 Å². The van der Waals surface area contributed by atoms with E-state index in [9.17, 15) is 9.18 Å². The van der Waals surface area contributed by atoms with E-state index in [2.05, 4.69) is 11.9 Å². The van der Waals surface area contributed by atoms with Gasteiger partial charge in [-0.1, -0.05) is 43.3 Å². The fourth-order valence-corrected chi connectivity index (χ4v) is 3.82. The molecule has 0 aromatic heterocycles. The van der Waals surface area contributed by atoms with Gasteiger partial charge in [-0.25, -0.2) is 4.39 Å². The van der Waals surface area contributed by atoms with Gasteiger partial charge in [0, 0.05) is 38.8 Å². The summed E-state index contributed by atoms with van der Waals surface area (Å²) in [5.74, 6) is -0.372. The van der Waals surface area contributed by atoms with Crippen molar-refractivity contribution in [3.05, 3.63) is 70.5 Å². The lowest BCUT2D eigenvalue weighted by atomic mass is 9.80. The van der Waals surface area contributed by atoms with E-state index in [0.717, 1.165) is 42.6 Å². The number of carbonyl (C=O) groups is 1. The highest BCUT2D eigenvalue weighted by molar-refractivity contribution is 5.70. The minimum absolute atomic E-state index is 0.184. The van der Waals surface area contributed by atoms with Gasteiger partial charge in [0.2, 0.25) is 0 Å². The summed E-state index contributed by atoms with van der Waals surface area (Å²) in [6, 6.07) is 13.4. The van der Waals surface area contributed by atoms with Gasteiger partial charge in [-0.3, -0.25) is 4.79 Å². The smallest absolute Gasteiger partial charge is 0.306 e. The van der Waals surface area contributed by atoms with E-state index < -0.39 is 5.60 Å². The van der Waals surface area contributed by atoms with Crippen LogP contribution in [0.3, 0.4) is 0 Å². The van der Waals surface area contributed by atoms with Gasteiger partial charge in [0.15, 0.2) is 0 Å². The highest BCUT2D eigenvalue weighted by Crippen LogP contribution is 2.39. The zero-order chi connectivity index (χ0) is 19.4. The number of ether oxygens (including phenoxy) is 1. The summed E-state index contributed by atoms with van der Waals surface area (Å²) in [7, 11) is 2.08. The Bertz CT molecular complexity index is 810. The zero-order valence-corrected chi connectivity index (χ0v) is 16.4. The molecule has 1 aliphatic heterocycles. The van der Waals surface area contributed by atoms with Crippen molar-refractivity contribution < 1.29 is 13.9 Å². The Kier molecular flexibility index (Phi) is 5.95. The van der Waals surface area contributed by atoms with Gasteiger partial charge >= 0.3 is 5.97 Å². The minimum Gasteiger partial charge on any atom is -0.454 e. The molecule has 1 aliphatic rings. The lowest BCUT2D eigenvalue weighted by Gasteiger charge is -2.41. The maximum atomic E-state index is 14.4. The van der Waals surface area contributed by atoms with Crippen LogP contribution in [0.1, 0.15) is 48.4 Å². The third kappa shape index (κ3) is 4.38. The maximum absolute atomic E-state index is 14.4. The Labute approximate surface area is 161 Å². The predicted molar refractivity (Wildman–Crippen MR) is 105 cm³/mol. The number of likely N-dealkylation sites (tertiary alicyclic amines) is 1. The third-order valence-electron chi connectivity index (χ3n) is 5.49. The van der Waals surface area contributed by atoms with Crippen molar-refractivity contribution in [3.8, 4) is 0 Å². The second-order valence-electron chi connectivity index (χ2n) is 7.55. The number of hydrogen-bond acceptors (Lipinski definition) is 3. The number of aryl methyl sites for hydroxylation is 1. The zero-order valence-electron chi connectivity index (χ0n) is 16.4. The van der Waals surface area contributed by atoms with Gasteiger partial charge in [-0.05, 0) is 42.3 Å². The van der Waals surface area contributed by atoms with Gasteiger partial charge in [0.1, 0.15) is 11.4 Å². The fraction of sp³-hybridized carbons (Fsp3) is 0.435. The molecule has 144 valence electrons. The molecule has 0 saturated carbocycles. The molecule has 0 N–H and O–H groups in total. The van der Waals surface area contributed by atoms with E-state index in [0.29, 0.717) is 18.4 Å². The standard InChI is InChI=1S/C23H28FNO2/c1-4-22(26)27-23(11-13-25(3)14-12-23)20-8-6-5-7-18(20)16-19-10-9-17(2)15-21(19)24/h5-10,15H,4,11-14,16H2,1-3H3. The van der Waals surface area contributed by atoms with Gasteiger partial charge in [-0.15, -0.1) is 0 Å². The molecule has 1 fully saturated rings. The third-order valence-corrected chi connectivity index (χ3v) is 5.49. The predicted octanol–water partition coefficient (Wildman–Crippen LogP) is 4.60. The lowest BCUT2D eigenvalue weighted by molar-refractivity contribution is -0.166. The SMILES string of the molecule is CCC(=O)OC1(c2ccccc2Cc2ccc(C)cc2F)CCN(C)CC1. The first kappa shape index (κ1) is 19.6. The number of nitrogens with zero attached hydrogens (tertiary/aromatic N) is 1. The van der Waals surface area contributed by atoms with Crippen LogP contribution in [0.4, 0.5) is 4.39 Å².